The molecule has 0 saturated carbocycles. The average Bonchev–Trinajstić information content (AvgIpc) is 2.73. The predicted octanol–water partition coefficient (Wildman–Crippen LogP) is 3.78. The van der Waals surface area contributed by atoms with E-state index in [1.807, 2.05) is 18.2 Å². The van der Waals surface area contributed by atoms with Gasteiger partial charge in [0, 0.05) is 37.0 Å². The normalized spacial score (nSPS) is 14.8. The number of rotatable bonds is 8. The number of benzene rings is 2. The van der Waals surface area contributed by atoms with E-state index in [-0.39, 0.29) is 17.4 Å². The van der Waals surface area contributed by atoms with E-state index in [1.54, 1.807) is 18.2 Å². The summed E-state index contributed by atoms with van der Waals surface area (Å²) in [6, 6.07) is 12.3. The molecule has 1 amide bonds. The number of hydrogen-bond acceptors (Lipinski definition) is 5. The van der Waals surface area contributed by atoms with Crippen LogP contribution in [0.2, 0.25) is 0 Å². The van der Waals surface area contributed by atoms with Gasteiger partial charge >= 0.3 is 6.61 Å². The molecule has 1 N–H and O–H groups in total. The fourth-order valence-corrected chi connectivity index (χ4v) is 3.15. The molecule has 1 aliphatic heterocycles. The Hall–Kier alpha value is -2.97. The molecule has 2 aromatic rings. The topological polar surface area (TPSA) is 60.0 Å². The van der Waals surface area contributed by atoms with E-state index in [0.717, 1.165) is 38.4 Å². The first-order valence-electron chi connectivity index (χ1n) is 9.55. The molecule has 0 aliphatic carbocycles. The molecule has 2 aromatic carbocycles. The summed E-state index contributed by atoms with van der Waals surface area (Å²) in [5.74, 6) is -0.343. The number of halogens is 2. The molecule has 0 radical (unpaired) electrons. The number of ether oxygens (including phenoxy) is 3. The van der Waals surface area contributed by atoms with Crippen molar-refractivity contribution < 1.29 is 27.8 Å². The minimum Gasteiger partial charge on any atom is -0.493 e. The molecule has 0 aromatic heterocycles. The molecule has 3 rings (SSSR count). The molecular weight excluding hydrogens is 394 g/mol. The minimum absolute atomic E-state index is 0.119. The second-order valence-corrected chi connectivity index (χ2v) is 6.67. The maximum atomic E-state index is 12.7. The molecular formula is C22H24F2N2O4. The smallest absolute Gasteiger partial charge is 0.387 e. The van der Waals surface area contributed by atoms with Crippen LogP contribution in [-0.4, -0.2) is 50.8 Å². The number of nitrogens with zero attached hydrogens (tertiary/aromatic N) is 1. The van der Waals surface area contributed by atoms with E-state index in [4.69, 9.17) is 9.47 Å². The molecule has 1 heterocycles. The summed E-state index contributed by atoms with van der Waals surface area (Å²) in [4.78, 5) is 14.6. The van der Waals surface area contributed by atoms with Crippen molar-refractivity contribution in [1.82, 2.24) is 4.90 Å². The lowest BCUT2D eigenvalue weighted by atomic mass is 10.1. The average molecular weight is 418 g/mol. The first-order valence-corrected chi connectivity index (χ1v) is 9.55. The fraction of sp³-hybridized carbons (Fsp3) is 0.318. The number of carbonyl (C=O) groups is 1. The van der Waals surface area contributed by atoms with Crippen molar-refractivity contribution in [1.29, 1.82) is 0 Å². The van der Waals surface area contributed by atoms with Crippen LogP contribution in [0.25, 0.3) is 6.08 Å². The van der Waals surface area contributed by atoms with Gasteiger partial charge in [0.1, 0.15) is 0 Å². The molecule has 0 unspecified atom stereocenters. The van der Waals surface area contributed by atoms with Gasteiger partial charge in [0.05, 0.1) is 20.3 Å². The number of anilines is 1. The summed E-state index contributed by atoms with van der Waals surface area (Å²) < 4.78 is 40.4. The van der Waals surface area contributed by atoms with Crippen LogP contribution in [0.4, 0.5) is 14.5 Å². The van der Waals surface area contributed by atoms with E-state index in [0.29, 0.717) is 11.3 Å². The molecule has 0 bridgehead atoms. The third-order valence-electron chi connectivity index (χ3n) is 4.55. The Morgan fingerprint density at radius 2 is 2.00 bits per heavy atom. The minimum atomic E-state index is -3.00. The number of amides is 1. The standard InChI is InChI=1S/C22H24F2N2O4/c1-28-19-7-3-5-17(21(19)30-22(23)24)8-9-20(27)25-18-6-2-4-16(14-18)15-26-10-12-29-13-11-26/h2-9,14,22H,10-13,15H2,1H3,(H,25,27)/b9-8+. The van der Waals surface area contributed by atoms with Crippen molar-refractivity contribution in [3.05, 3.63) is 59.7 Å². The highest BCUT2D eigenvalue weighted by Gasteiger charge is 2.14. The monoisotopic (exact) mass is 418 g/mol. The molecule has 1 fully saturated rings. The zero-order valence-electron chi connectivity index (χ0n) is 16.6. The summed E-state index contributed by atoms with van der Waals surface area (Å²) in [7, 11) is 1.36. The molecule has 1 aliphatic rings. The van der Waals surface area contributed by atoms with Gasteiger partial charge in [0.15, 0.2) is 11.5 Å². The zero-order chi connectivity index (χ0) is 21.3. The maximum Gasteiger partial charge on any atom is 0.387 e. The highest BCUT2D eigenvalue weighted by atomic mass is 19.3. The van der Waals surface area contributed by atoms with Gasteiger partial charge in [-0.25, -0.2) is 0 Å². The van der Waals surface area contributed by atoms with Gasteiger partial charge in [-0.1, -0.05) is 24.3 Å². The van der Waals surface area contributed by atoms with Crippen molar-refractivity contribution in [2.45, 2.75) is 13.2 Å². The second-order valence-electron chi connectivity index (χ2n) is 6.67. The Morgan fingerprint density at radius 3 is 2.73 bits per heavy atom. The molecule has 160 valence electrons. The Labute approximate surface area is 174 Å². The van der Waals surface area contributed by atoms with Crippen LogP contribution in [0, 0.1) is 0 Å². The Bertz CT molecular complexity index is 883. The molecule has 0 atom stereocenters. The maximum absolute atomic E-state index is 12.7. The zero-order valence-corrected chi connectivity index (χ0v) is 16.6. The predicted molar refractivity (Wildman–Crippen MR) is 110 cm³/mol. The van der Waals surface area contributed by atoms with E-state index in [2.05, 4.69) is 15.0 Å². The van der Waals surface area contributed by atoms with Crippen LogP contribution < -0.4 is 14.8 Å². The van der Waals surface area contributed by atoms with Gasteiger partial charge in [-0.2, -0.15) is 8.78 Å². The molecule has 0 spiro atoms. The highest BCUT2D eigenvalue weighted by Crippen LogP contribution is 2.33. The Morgan fingerprint density at radius 1 is 1.23 bits per heavy atom. The summed E-state index contributed by atoms with van der Waals surface area (Å²) in [5, 5.41) is 2.79. The summed E-state index contributed by atoms with van der Waals surface area (Å²) in [5.41, 5.74) is 2.05. The van der Waals surface area contributed by atoms with E-state index >= 15 is 0 Å². The third-order valence-corrected chi connectivity index (χ3v) is 4.55. The van der Waals surface area contributed by atoms with Gasteiger partial charge in [-0.3, -0.25) is 9.69 Å². The molecule has 8 heteroatoms. The lowest BCUT2D eigenvalue weighted by Gasteiger charge is -2.26. The number of alkyl halides is 2. The highest BCUT2D eigenvalue weighted by molar-refractivity contribution is 6.02. The molecule has 1 saturated heterocycles. The van der Waals surface area contributed by atoms with Gasteiger partial charge in [0.25, 0.3) is 0 Å². The van der Waals surface area contributed by atoms with Gasteiger partial charge in [-0.15, -0.1) is 0 Å². The Kier molecular flexibility index (Phi) is 7.75. The van der Waals surface area contributed by atoms with Gasteiger partial charge < -0.3 is 19.5 Å². The number of hydrogen-bond donors (Lipinski definition) is 1. The number of carbonyl (C=O) groups excluding carboxylic acids is 1. The summed E-state index contributed by atoms with van der Waals surface area (Å²) in [6.45, 7) is 0.981. The number of methoxy groups -OCH3 is 1. The largest absolute Gasteiger partial charge is 0.493 e. The van der Waals surface area contributed by atoms with E-state index < -0.39 is 6.61 Å². The third kappa shape index (κ3) is 6.27. The van der Waals surface area contributed by atoms with E-state index in [9.17, 15) is 13.6 Å². The van der Waals surface area contributed by atoms with Crippen molar-refractivity contribution in [2.75, 3.05) is 38.7 Å². The van der Waals surface area contributed by atoms with Crippen LogP contribution >= 0.6 is 0 Å². The second kappa shape index (κ2) is 10.7. The SMILES string of the molecule is COc1cccc(/C=C/C(=O)Nc2cccc(CN3CCOCC3)c2)c1OC(F)F. The van der Waals surface area contributed by atoms with Crippen molar-refractivity contribution in [3.8, 4) is 11.5 Å². The quantitative estimate of drug-likeness (QED) is 0.662. The fourth-order valence-electron chi connectivity index (χ4n) is 3.15. The lowest BCUT2D eigenvalue weighted by molar-refractivity contribution is -0.111. The first kappa shape index (κ1) is 21.7. The van der Waals surface area contributed by atoms with Crippen molar-refractivity contribution in [3.63, 3.8) is 0 Å². The Balaban J connectivity index is 1.66. The van der Waals surface area contributed by atoms with Crippen LogP contribution in [0.1, 0.15) is 11.1 Å². The van der Waals surface area contributed by atoms with Crippen molar-refractivity contribution >= 4 is 17.7 Å². The number of morpholine rings is 1. The van der Waals surface area contributed by atoms with Crippen LogP contribution in [-0.2, 0) is 16.1 Å². The van der Waals surface area contributed by atoms with Gasteiger partial charge in [-0.05, 0) is 29.8 Å². The summed E-state index contributed by atoms with van der Waals surface area (Å²) >= 11 is 0. The number of para-hydroxylation sites is 1. The number of nitrogens with one attached hydrogen (secondary N) is 1. The van der Waals surface area contributed by atoms with Crippen LogP contribution in [0.15, 0.2) is 48.5 Å². The van der Waals surface area contributed by atoms with Crippen LogP contribution in [0.5, 0.6) is 11.5 Å². The van der Waals surface area contributed by atoms with Crippen LogP contribution in [0.3, 0.4) is 0 Å². The van der Waals surface area contributed by atoms with E-state index in [1.165, 1.54) is 25.3 Å². The first-order chi connectivity index (χ1) is 14.5. The lowest BCUT2D eigenvalue weighted by Crippen LogP contribution is -2.35. The van der Waals surface area contributed by atoms with Crippen molar-refractivity contribution in [2.24, 2.45) is 0 Å². The van der Waals surface area contributed by atoms with Gasteiger partial charge in [0.2, 0.25) is 5.91 Å². The molecule has 6 nitrogen and oxygen atoms in total. The summed E-state index contributed by atoms with van der Waals surface area (Å²) in [6.07, 6.45) is 2.68. The molecule has 30 heavy (non-hydrogen) atoms.